The smallest absolute Gasteiger partial charge is 0.221 e. The highest BCUT2D eigenvalue weighted by atomic mass is 32.2. The molecule has 0 aliphatic heterocycles. The molecule has 0 saturated carbocycles. The Morgan fingerprint density at radius 3 is 2.79 bits per heavy atom. The van der Waals surface area contributed by atoms with Gasteiger partial charge in [-0.3, -0.25) is 9.36 Å². The summed E-state index contributed by atoms with van der Waals surface area (Å²) < 4.78 is 1.93. The molecule has 1 N–H and O–H groups in total. The Morgan fingerprint density at radius 2 is 2.00 bits per heavy atom. The molecular formula is C18H18N4OS. The van der Waals surface area contributed by atoms with Crippen LogP contribution in [0.1, 0.15) is 12.5 Å². The second-order valence-corrected chi connectivity index (χ2v) is 6.36. The molecule has 3 aromatic rings. The van der Waals surface area contributed by atoms with E-state index in [0.29, 0.717) is 0 Å². The van der Waals surface area contributed by atoms with E-state index in [0.717, 1.165) is 28.7 Å². The third kappa shape index (κ3) is 4.23. The zero-order valence-corrected chi connectivity index (χ0v) is 14.2. The summed E-state index contributed by atoms with van der Waals surface area (Å²) in [5, 5.41) is 11.9. The number of amides is 1. The normalized spacial score (nSPS) is 10.5. The largest absolute Gasteiger partial charge is 0.326 e. The van der Waals surface area contributed by atoms with Gasteiger partial charge in [0.2, 0.25) is 5.91 Å². The van der Waals surface area contributed by atoms with E-state index in [1.165, 1.54) is 12.5 Å². The molecule has 0 spiro atoms. The van der Waals surface area contributed by atoms with Crippen molar-refractivity contribution < 1.29 is 4.79 Å². The standard InChI is InChI=1S/C18H18N4OS/c1-14(23)20-16-8-5-9-17(12-16)22-13-19-21-18(22)24-11-10-15-6-3-2-4-7-15/h2-9,12-13H,10-11H2,1H3,(H,20,23). The second-order valence-electron chi connectivity index (χ2n) is 5.30. The first-order valence-corrected chi connectivity index (χ1v) is 8.66. The molecule has 0 atom stereocenters. The fraction of sp³-hybridized carbons (Fsp3) is 0.167. The van der Waals surface area contributed by atoms with E-state index in [4.69, 9.17) is 0 Å². The molecule has 3 rings (SSSR count). The molecule has 0 unspecified atom stereocenters. The van der Waals surface area contributed by atoms with Gasteiger partial charge >= 0.3 is 0 Å². The minimum Gasteiger partial charge on any atom is -0.326 e. The first kappa shape index (κ1) is 16.3. The first-order chi connectivity index (χ1) is 11.7. The van der Waals surface area contributed by atoms with Crippen molar-refractivity contribution in [2.45, 2.75) is 18.5 Å². The molecule has 24 heavy (non-hydrogen) atoms. The molecule has 0 saturated heterocycles. The molecular weight excluding hydrogens is 320 g/mol. The monoisotopic (exact) mass is 338 g/mol. The number of hydrogen-bond donors (Lipinski definition) is 1. The van der Waals surface area contributed by atoms with Crippen molar-refractivity contribution in [2.75, 3.05) is 11.1 Å². The topological polar surface area (TPSA) is 59.8 Å². The maximum atomic E-state index is 11.2. The van der Waals surface area contributed by atoms with Crippen LogP contribution in [0.15, 0.2) is 66.1 Å². The molecule has 1 amide bonds. The number of carbonyl (C=O) groups is 1. The van der Waals surface area contributed by atoms with Gasteiger partial charge in [0.15, 0.2) is 5.16 Å². The van der Waals surface area contributed by atoms with Crippen LogP contribution in [0, 0.1) is 0 Å². The van der Waals surface area contributed by atoms with Crippen LogP contribution in [-0.4, -0.2) is 26.4 Å². The van der Waals surface area contributed by atoms with E-state index in [-0.39, 0.29) is 5.91 Å². The highest BCUT2D eigenvalue weighted by Gasteiger charge is 2.08. The predicted molar refractivity (Wildman–Crippen MR) is 96.5 cm³/mol. The highest BCUT2D eigenvalue weighted by Crippen LogP contribution is 2.22. The summed E-state index contributed by atoms with van der Waals surface area (Å²) in [5.41, 5.74) is 2.99. The summed E-state index contributed by atoms with van der Waals surface area (Å²) in [5.74, 6) is 0.835. The van der Waals surface area contributed by atoms with Gasteiger partial charge in [0, 0.05) is 18.4 Å². The van der Waals surface area contributed by atoms with Crippen LogP contribution < -0.4 is 5.32 Å². The molecule has 2 aromatic carbocycles. The van der Waals surface area contributed by atoms with Crippen molar-refractivity contribution in [3.63, 3.8) is 0 Å². The van der Waals surface area contributed by atoms with Gasteiger partial charge in [-0.2, -0.15) is 0 Å². The number of thioether (sulfide) groups is 1. The number of carbonyl (C=O) groups excluding carboxylic acids is 1. The molecule has 0 aliphatic carbocycles. The highest BCUT2D eigenvalue weighted by molar-refractivity contribution is 7.99. The van der Waals surface area contributed by atoms with Crippen molar-refractivity contribution in [1.29, 1.82) is 0 Å². The maximum Gasteiger partial charge on any atom is 0.221 e. The molecule has 122 valence electrons. The molecule has 0 radical (unpaired) electrons. The summed E-state index contributed by atoms with van der Waals surface area (Å²) >= 11 is 1.67. The lowest BCUT2D eigenvalue weighted by atomic mass is 10.2. The van der Waals surface area contributed by atoms with Gasteiger partial charge in [-0.1, -0.05) is 48.2 Å². The Kier molecular flexibility index (Phi) is 5.28. The fourth-order valence-corrected chi connectivity index (χ4v) is 3.26. The molecule has 0 bridgehead atoms. The van der Waals surface area contributed by atoms with Gasteiger partial charge in [-0.05, 0) is 30.2 Å². The summed E-state index contributed by atoms with van der Waals surface area (Å²) in [6.07, 6.45) is 2.67. The quantitative estimate of drug-likeness (QED) is 0.698. The number of hydrogen-bond acceptors (Lipinski definition) is 4. The zero-order chi connectivity index (χ0) is 16.8. The van der Waals surface area contributed by atoms with E-state index in [9.17, 15) is 4.79 Å². The lowest BCUT2D eigenvalue weighted by Gasteiger charge is -2.08. The van der Waals surface area contributed by atoms with Gasteiger partial charge in [-0.25, -0.2) is 0 Å². The summed E-state index contributed by atoms with van der Waals surface area (Å²) in [6, 6.07) is 18.0. The Balaban J connectivity index is 1.70. The molecule has 0 aliphatic rings. The molecule has 0 fully saturated rings. The number of nitrogens with zero attached hydrogens (tertiary/aromatic N) is 3. The van der Waals surface area contributed by atoms with E-state index in [2.05, 4.69) is 39.8 Å². The van der Waals surface area contributed by atoms with Gasteiger partial charge in [0.05, 0.1) is 5.69 Å². The third-order valence-corrected chi connectivity index (χ3v) is 4.37. The van der Waals surface area contributed by atoms with E-state index < -0.39 is 0 Å². The number of nitrogens with one attached hydrogen (secondary N) is 1. The van der Waals surface area contributed by atoms with Crippen molar-refractivity contribution in [3.05, 3.63) is 66.5 Å². The maximum absolute atomic E-state index is 11.2. The average Bonchev–Trinajstić information content (AvgIpc) is 3.04. The van der Waals surface area contributed by atoms with Gasteiger partial charge in [0.25, 0.3) is 0 Å². The number of benzene rings is 2. The van der Waals surface area contributed by atoms with Gasteiger partial charge in [-0.15, -0.1) is 10.2 Å². The van der Waals surface area contributed by atoms with Gasteiger partial charge < -0.3 is 5.32 Å². The Bertz CT molecular complexity index is 817. The average molecular weight is 338 g/mol. The molecule has 5 nitrogen and oxygen atoms in total. The van der Waals surface area contributed by atoms with Crippen LogP contribution >= 0.6 is 11.8 Å². The SMILES string of the molecule is CC(=O)Nc1cccc(-n2cnnc2SCCc2ccccc2)c1. The first-order valence-electron chi connectivity index (χ1n) is 7.67. The summed E-state index contributed by atoms with van der Waals surface area (Å²) in [4.78, 5) is 11.2. The van der Waals surface area contributed by atoms with E-state index in [1.807, 2.05) is 34.9 Å². The van der Waals surface area contributed by atoms with E-state index >= 15 is 0 Å². The van der Waals surface area contributed by atoms with Crippen molar-refractivity contribution >= 4 is 23.4 Å². The van der Waals surface area contributed by atoms with Crippen molar-refractivity contribution in [1.82, 2.24) is 14.8 Å². The zero-order valence-electron chi connectivity index (χ0n) is 13.3. The number of anilines is 1. The van der Waals surface area contributed by atoms with Crippen LogP contribution in [0.2, 0.25) is 0 Å². The van der Waals surface area contributed by atoms with E-state index in [1.54, 1.807) is 18.1 Å². The third-order valence-electron chi connectivity index (χ3n) is 3.43. The van der Waals surface area contributed by atoms with Crippen LogP contribution in [0.3, 0.4) is 0 Å². The Hall–Kier alpha value is -2.60. The lowest BCUT2D eigenvalue weighted by molar-refractivity contribution is -0.114. The van der Waals surface area contributed by atoms with Crippen molar-refractivity contribution in [2.24, 2.45) is 0 Å². The molecule has 1 aromatic heterocycles. The van der Waals surface area contributed by atoms with Crippen molar-refractivity contribution in [3.8, 4) is 5.69 Å². The number of rotatable bonds is 6. The second kappa shape index (κ2) is 7.79. The fourth-order valence-electron chi connectivity index (χ4n) is 2.34. The number of aryl methyl sites for hydroxylation is 1. The van der Waals surface area contributed by atoms with Gasteiger partial charge in [0.1, 0.15) is 6.33 Å². The summed E-state index contributed by atoms with van der Waals surface area (Å²) in [6.45, 7) is 1.50. The molecule has 1 heterocycles. The minimum absolute atomic E-state index is 0.0895. The predicted octanol–water partition coefficient (Wildman–Crippen LogP) is 3.56. The Morgan fingerprint density at radius 1 is 1.17 bits per heavy atom. The minimum atomic E-state index is -0.0895. The lowest BCUT2D eigenvalue weighted by Crippen LogP contribution is -2.06. The number of aromatic nitrogens is 3. The summed E-state index contributed by atoms with van der Waals surface area (Å²) in [7, 11) is 0. The molecule has 6 heteroatoms. The van der Waals surface area contributed by atoms with Crippen LogP contribution in [0.4, 0.5) is 5.69 Å². The van der Waals surface area contributed by atoms with Crippen LogP contribution in [-0.2, 0) is 11.2 Å². The van der Waals surface area contributed by atoms with Crippen LogP contribution in [0.5, 0.6) is 0 Å². The van der Waals surface area contributed by atoms with Crippen LogP contribution in [0.25, 0.3) is 5.69 Å². The Labute approximate surface area is 145 Å².